The Morgan fingerprint density at radius 2 is 2.04 bits per heavy atom. The Labute approximate surface area is 144 Å². The number of aryl methyl sites for hydroxylation is 2. The van der Waals surface area contributed by atoms with Crippen LogP contribution in [0.25, 0.3) is 11.0 Å². The second-order valence-electron chi connectivity index (χ2n) is 5.68. The van der Waals surface area contributed by atoms with E-state index in [1.54, 1.807) is 19.9 Å². The van der Waals surface area contributed by atoms with Crippen molar-refractivity contribution in [1.82, 2.24) is 9.97 Å². The van der Waals surface area contributed by atoms with E-state index >= 15 is 0 Å². The SMILES string of the molecule is CCOC(=O)c1cnc2nc(C)ccc2c1Nc1ccc(F)cc1C. The van der Waals surface area contributed by atoms with E-state index in [1.165, 1.54) is 18.3 Å². The number of rotatable bonds is 4. The number of anilines is 2. The quantitative estimate of drug-likeness (QED) is 0.718. The third kappa shape index (κ3) is 3.42. The molecule has 1 N–H and O–H groups in total. The molecule has 6 heteroatoms. The maximum atomic E-state index is 13.4. The molecule has 0 bridgehead atoms. The van der Waals surface area contributed by atoms with Gasteiger partial charge in [0.15, 0.2) is 5.65 Å². The van der Waals surface area contributed by atoms with Gasteiger partial charge in [0.1, 0.15) is 11.4 Å². The summed E-state index contributed by atoms with van der Waals surface area (Å²) in [6.45, 7) is 5.67. The molecule has 2 heterocycles. The van der Waals surface area contributed by atoms with Gasteiger partial charge in [0, 0.05) is 23.0 Å². The number of carbonyl (C=O) groups is 1. The predicted molar refractivity (Wildman–Crippen MR) is 94.7 cm³/mol. The highest BCUT2D eigenvalue weighted by molar-refractivity contribution is 6.05. The number of aromatic nitrogens is 2. The second-order valence-corrected chi connectivity index (χ2v) is 5.68. The monoisotopic (exact) mass is 339 g/mol. The molecule has 0 saturated heterocycles. The number of esters is 1. The van der Waals surface area contributed by atoms with Gasteiger partial charge in [-0.2, -0.15) is 0 Å². The van der Waals surface area contributed by atoms with Crippen LogP contribution in [0.3, 0.4) is 0 Å². The Morgan fingerprint density at radius 3 is 2.76 bits per heavy atom. The fourth-order valence-corrected chi connectivity index (χ4v) is 2.57. The minimum atomic E-state index is -0.472. The third-order valence-electron chi connectivity index (χ3n) is 3.81. The van der Waals surface area contributed by atoms with Gasteiger partial charge in [-0.05, 0) is 56.7 Å². The Hall–Kier alpha value is -3.02. The topological polar surface area (TPSA) is 64.1 Å². The number of hydrogen-bond donors (Lipinski definition) is 1. The molecule has 3 aromatic rings. The van der Waals surface area contributed by atoms with E-state index in [1.807, 2.05) is 19.1 Å². The van der Waals surface area contributed by atoms with Gasteiger partial charge < -0.3 is 10.1 Å². The van der Waals surface area contributed by atoms with Crippen LogP contribution in [-0.2, 0) is 4.74 Å². The van der Waals surface area contributed by atoms with Crippen LogP contribution in [-0.4, -0.2) is 22.5 Å². The zero-order valence-electron chi connectivity index (χ0n) is 14.3. The molecule has 0 unspecified atom stereocenters. The number of halogens is 1. The number of fused-ring (bicyclic) bond motifs is 1. The molecule has 0 atom stereocenters. The molecule has 3 rings (SSSR count). The third-order valence-corrected chi connectivity index (χ3v) is 3.81. The molecule has 0 saturated carbocycles. The van der Waals surface area contributed by atoms with E-state index < -0.39 is 5.97 Å². The summed E-state index contributed by atoms with van der Waals surface area (Å²) in [6.07, 6.45) is 1.45. The summed E-state index contributed by atoms with van der Waals surface area (Å²) >= 11 is 0. The summed E-state index contributed by atoms with van der Waals surface area (Å²) in [4.78, 5) is 21.0. The first kappa shape index (κ1) is 16.8. The number of hydrogen-bond acceptors (Lipinski definition) is 5. The minimum absolute atomic E-state index is 0.262. The average molecular weight is 339 g/mol. The van der Waals surface area contributed by atoms with Gasteiger partial charge in [0.2, 0.25) is 0 Å². The van der Waals surface area contributed by atoms with Crippen LogP contribution < -0.4 is 5.32 Å². The van der Waals surface area contributed by atoms with E-state index in [9.17, 15) is 9.18 Å². The van der Waals surface area contributed by atoms with Crippen molar-refractivity contribution in [2.45, 2.75) is 20.8 Å². The Kier molecular flexibility index (Phi) is 4.61. The first-order chi connectivity index (χ1) is 12.0. The lowest BCUT2D eigenvalue weighted by atomic mass is 10.1. The molecular formula is C19H18FN3O2. The fraction of sp³-hybridized carbons (Fsp3) is 0.211. The zero-order chi connectivity index (χ0) is 18.0. The summed E-state index contributed by atoms with van der Waals surface area (Å²) in [5.74, 6) is -0.787. The molecule has 0 radical (unpaired) electrons. The molecule has 0 aliphatic heterocycles. The van der Waals surface area contributed by atoms with Gasteiger partial charge in [0.05, 0.1) is 12.3 Å². The van der Waals surface area contributed by atoms with Gasteiger partial charge in [-0.15, -0.1) is 0 Å². The lowest BCUT2D eigenvalue weighted by Gasteiger charge is -2.15. The maximum Gasteiger partial charge on any atom is 0.341 e. The number of nitrogens with one attached hydrogen (secondary N) is 1. The lowest BCUT2D eigenvalue weighted by molar-refractivity contribution is 0.0527. The van der Waals surface area contributed by atoms with Crippen LogP contribution in [0.1, 0.15) is 28.5 Å². The largest absolute Gasteiger partial charge is 0.462 e. The highest BCUT2D eigenvalue weighted by atomic mass is 19.1. The van der Waals surface area contributed by atoms with Crippen LogP contribution in [0.15, 0.2) is 36.5 Å². The average Bonchev–Trinajstić information content (AvgIpc) is 2.57. The standard InChI is InChI=1S/C19H18FN3O2/c1-4-25-19(24)15-10-21-18-14(7-5-12(3)22-18)17(15)23-16-8-6-13(20)9-11(16)2/h5-10H,4H2,1-3H3,(H,21,22,23). The summed E-state index contributed by atoms with van der Waals surface area (Å²) in [7, 11) is 0. The van der Waals surface area contributed by atoms with Crippen molar-refractivity contribution in [2.24, 2.45) is 0 Å². The molecule has 5 nitrogen and oxygen atoms in total. The van der Waals surface area contributed by atoms with Gasteiger partial charge >= 0.3 is 5.97 Å². The number of pyridine rings is 2. The van der Waals surface area contributed by atoms with Crippen LogP contribution in [0.5, 0.6) is 0 Å². The Bertz CT molecular complexity index is 957. The van der Waals surface area contributed by atoms with Crippen molar-refractivity contribution in [3.8, 4) is 0 Å². The first-order valence-electron chi connectivity index (χ1n) is 7.96. The van der Waals surface area contributed by atoms with E-state index in [0.717, 1.165) is 11.3 Å². The lowest BCUT2D eigenvalue weighted by Crippen LogP contribution is -2.10. The van der Waals surface area contributed by atoms with Crippen molar-refractivity contribution < 1.29 is 13.9 Å². The molecule has 0 amide bonds. The number of ether oxygens (including phenoxy) is 1. The molecule has 0 aliphatic rings. The van der Waals surface area contributed by atoms with Crippen LogP contribution in [0, 0.1) is 19.7 Å². The maximum absolute atomic E-state index is 13.4. The van der Waals surface area contributed by atoms with Crippen molar-refractivity contribution in [3.63, 3.8) is 0 Å². The van der Waals surface area contributed by atoms with Crippen LogP contribution in [0.4, 0.5) is 15.8 Å². The summed E-state index contributed by atoms with van der Waals surface area (Å²) < 4.78 is 18.5. The molecule has 1 aromatic carbocycles. The molecule has 0 aliphatic carbocycles. The summed E-state index contributed by atoms with van der Waals surface area (Å²) in [6, 6.07) is 8.13. The Balaban J connectivity index is 2.17. The number of carbonyl (C=O) groups excluding carboxylic acids is 1. The van der Waals surface area contributed by atoms with Gasteiger partial charge in [0.25, 0.3) is 0 Å². The molecule has 128 valence electrons. The van der Waals surface area contributed by atoms with E-state index in [0.29, 0.717) is 28.0 Å². The van der Waals surface area contributed by atoms with Crippen LogP contribution >= 0.6 is 0 Å². The smallest absolute Gasteiger partial charge is 0.341 e. The summed E-state index contributed by atoms with van der Waals surface area (Å²) in [5.41, 5.74) is 3.62. The van der Waals surface area contributed by atoms with Crippen molar-refractivity contribution in [2.75, 3.05) is 11.9 Å². The van der Waals surface area contributed by atoms with Crippen molar-refractivity contribution in [1.29, 1.82) is 0 Å². The highest BCUT2D eigenvalue weighted by Gasteiger charge is 2.18. The molecule has 0 spiro atoms. The Morgan fingerprint density at radius 1 is 1.24 bits per heavy atom. The second kappa shape index (κ2) is 6.84. The predicted octanol–water partition coefficient (Wildman–Crippen LogP) is 4.31. The number of benzene rings is 1. The van der Waals surface area contributed by atoms with Crippen molar-refractivity contribution in [3.05, 3.63) is 59.2 Å². The van der Waals surface area contributed by atoms with E-state index in [4.69, 9.17) is 4.74 Å². The van der Waals surface area contributed by atoms with Gasteiger partial charge in [-0.1, -0.05) is 0 Å². The first-order valence-corrected chi connectivity index (χ1v) is 7.96. The molecule has 2 aromatic heterocycles. The van der Waals surface area contributed by atoms with E-state index in [-0.39, 0.29) is 12.4 Å². The molecule has 0 fully saturated rings. The molecular weight excluding hydrogens is 321 g/mol. The van der Waals surface area contributed by atoms with Gasteiger partial charge in [-0.25, -0.2) is 19.2 Å². The highest BCUT2D eigenvalue weighted by Crippen LogP contribution is 2.30. The van der Waals surface area contributed by atoms with Gasteiger partial charge in [-0.3, -0.25) is 0 Å². The summed E-state index contributed by atoms with van der Waals surface area (Å²) in [5, 5.41) is 3.92. The minimum Gasteiger partial charge on any atom is -0.462 e. The zero-order valence-corrected chi connectivity index (χ0v) is 14.3. The molecule has 25 heavy (non-hydrogen) atoms. The van der Waals surface area contributed by atoms with Crippen molar-refractivity contribution >= 4 is 28.4 Å². The normalized spacial score (nSPS) is 10.7. The van der Waals surface area contributed by atoms with E-state index in [2.05, 4.69) is 15.3 Å². The fourth-order valence-electron chi connectivity index (χ4n) is 2.57. The number of nitrogens with zero attached hydrogens (tertiary/aromatic N) is 2. The van der Waals surface area contributed by atoms with Crippen LogP contribution in [0.2, 0.25) is 0 Å².